The third kappa shape index (κ3) is 5.23. The van der Waals surface area contributed by atoms with E-state index in [-0.39, 0.29) is 30.5 Å². The molecule has 9 nitrogen and oxygen atoms in total. The minimum Gasteiger partial charge on any atom is -0.493 e. The van der Waals surface area contributed by atoms with E-state index in [0.717, 1.165) is 38.9 Å². The van der Waals surface area contributed by atoms with E-state index in [9.17, 15) is 18.3 Å². The maximum atomic E-state index is 13.6. The number of rotatable bonds is 7. The van der Waals surface area contributed by atoms with E-state index >= 15 is 0 Å². The molecule has 0 saturated heterocycles. The minimum absolute atomic E-state index is 0.116. The number of nitrogens with zero attached hydrogens (tertiary/aromatic N) is 4. The Balaban J connectivity index is 1.78. The Kier molecular flexibility index (Phi) is 7.75. The van der Waals surface area contributed by atoms with Gasteiger partial charge in [0.1, 0.15) is 22.3 Å². The second kappa shape index (κ2) is 10.7. The van der Waals surface area contributed by atoms with E-state index in [2.05, 4.69) is 10.3 Å². The highest BCUT2D eigenvalue weighted by molar-refractivity contribution is 7.93. The number of sulfonamides is 1. The highest BCUT2D eigenvalue weighted by atomic mass is 32.2. The molecule has 2 atom stereocenters. The van der Waals surface area contributed by atoms with Crippen LogP contribution in [0.4, 0.5) is 0 Å². The van der Waals surface area contributed by atoms with E-state index in [4.69, 9.17) is 4.74 Å². The number of hydrogen-bond acceptors (Lipinski definition) is 6. The van der Waals surface area contributed by atoms with Crippen LogP contribution in [0.5, 0.6) is 0 Å². The maximum Gasteiger partial charge on any atom is 0.304 e. The molecule has 2 aromatic carbocycles. The van der Waals surface area contributed by atoms with Crippen LogP contribution < -0.4 is 0 Å². The number of ether oxygens (including phenoxy) is 1. The van der Waals surface area contributed by atoms with Crippen molar-refractivity contribution >= 4 is 27.0 Å². The van der Waals surface area contributed by atoms with Crippen LogP contribution in [-0.2, 0) is 33.1 Å². The molecule has 0 fully saturated rings. The largest absolute Gasteiger partial charge is 0.493 e. The van der Waals surface area contributed by atoms with Gasteiger partial charge in [-0.2, -0.15) is 4.31 Å². The normalized spacial score (nSPS) is 19.1. The summed E-state index contributed by atoms with van der Waals surface area (Å²) in [6.45, 7) is 9.50. The van der Waals surface area contributed by atoms with Crippen LogP contribution in [0.15, 0.2) is 53.1 Å². The Morgan fingerprint density at radius 1 is 1.24 bits per heavy atom. The smallest absolute Gasteiger partial charge is 0.304 e. The fourth-order valence-corrected chi connectivity index (χ4v) is 6.80. The first-order valence-electron chi connectivity index (χ1n) is 12.5. The highest BCUT2D eigenvalue weighted by Crippen LogP contribution is 2.35. The number of aryl methyl sites for hydroxylation is 3. The first-order chi connectivity index (χ1) is 17.9. The van der Waals surface area contributed by atoms with Gasteiger partial charge in [-0.1, -0.05) is 35.6 Å². The number of carbonyl (C=O) groups is 1. The molecule has 4 rings (SSSR count). The number of carboxylic acid groups (broad SMARTS) is 1. The van der Waals surface area contributed by atoms with Gasteiger partial charge in [0.25, 0.3) is 0 Å². The maximum absolute atomic E-state index is 13.6. The monoisotopic (exact) mass is 538 g/mol. The Hall–Kier alpha value is -3.50. The predicted molar refractivity (Wildman–Crippen MR) is 146 cm³/mol. The van der Waals surface area contributed by atoms with Gasteiger partial charge in [0.15, 0.2) is 0 Å². The molecule has 10 heteroatoms. The van der Waals surface area contributed by atoms with Crippen molar-refractivity contribution in [3.63, 3.8) is 0 Å². The van der Waals surface area contributed by atoms with Crippen molar-refractivity contribution in [2.45, 2.75) is 59.6 Å². The topological polar surface area (TPSA) is 115 Å². The summed E-state index contributed by atoms with van der Waals surface area (Å²) in [5.74, 6) is -0.990. The molecule has 0 radical (unpaired) electrons. The van der Waals surface area contributed by atoms with Crippen molar-refractivity contribution in [1.29, 1.82) is 0 Å². The Morgan fingerprint density at radius 3 is 2.66 bits per heavy atom. The van der Waals surface area contributed by atoms with Crippen molar-refractivity contribution in [2.75, 3.05) is 6.54 Å². The van der Waals surface area contributed by atoms with Gasteiger partial charge in [0.2, 0.25) is 10.0 Å². The molecule has 1 aliphatic rings. The van der Waals surface area contributed by atoms with Gasteiger partial charge in [-0.3, -0.25) is 4.79 Å². The quantitative estimate of drug-likeness (QED) is 0.469. The predicted octanol–water partition coefficient (Wildman–Crippen LogP) is 4.55. The number of benzene rings is 2. The highest BCUT2D eigenvalue weighted by Gasteiger charge is 2.33. The third-order valence-corrected chi connectivity index (χ3v) is 9.01. The number of allylic oxidation sites excluding steroid dienone is 3. The van der Waals surface area contributed by atoms with E-state index in [0.29, 0.717) is 5.76 Å². The second-order valence-electron chi connectivity index (χ2n) is 9.84. The molecular weight excluding hydrogens is 504 g/mol. The van der Waals surface area contributed by atoms with Crippen LogP contribution in [0.2, 0.25) is 0 Å². The van der Waals surface area contributed by atoms with Crippen LogP contribution in [0.1, 0.15) is 60.9 Å². The fourth-order valence-electron chi connectivity index (χ4n) is 5.08. The second-order valence-corrected chi connectivity index (χ2v) is 11.7. The van der Waals surface area contributed by atoms with E-state index in [1.165, 1.54) is 4.31 Å². The first kappa shape index (κ1) is 27.5. The molecule has 0 amide bonds. The fraction of sp³-hybridized carbons (Fsp3) is 0.393. The summed E-state index contributed by atoms with van der Waals surface area (Å²) in [6.07, 6.45) is 2.81. The van der Waals surface area contributed by atoms with Crippen molar-refractivity contribution in [1.82, 2.24) is 19.3 Å². The Bertz CT molecular complexity index is 1550. The number of hydrogen-bond donors (Lipinski definition) is 1. The van der Waals surface area contributed by atoms with Crippen LogP contribution in [0.25, 0.3) is 11.0 Å². The van der Waals surface area contributed by atoms with Gasteiger partial charge in [0, 0.05) is 19.5 Å². The molecule has 202 valence electrons. The van der Waals surface area contributed by atoms with Crippen molar-refractivity contribution in [3.8, 4) is 0 Å². The van der Waals surface area contributed by atoms with Gasteiger partial charge < -0.3 is 9.84 Å². The molecule has 1 N–H and O–H groups in total. The lowest BCUT2D eigenvalue weighted by Crippen LogP contribution is -2.35. The van der Waals surface area contributed by atoms with Gasteiger partial charge >= 0.3 is 5.97 Å². The molecule has 0 bridgehead atoms. The summed E-state index contributed by atoms with van der Waals surface area (Å²) in [4.78, 5) is 12.1. The minimum atomic E-state index is -3.80. The van der Waals surface area contributed by atoms with E-state index in [1.54, 1.807) is 30.7 Å². The van der Waals surface area contributed by atoms with Crippen molar-refractivity contribution < 1.29 is 23.1 Å². The molecule has 3 aromatic rings. The zero-order valence-corrected chi connectivity index (χ0v) is 23.4. The number of aromatic nitrogens is 3. The zero-order chi connectivity index (χ0) is 27.8. The van der Waals surface area contributed by atoms with Gasteiger partial charge in [-0.15, -0.1) is 5.10 Å². The van der Waals surface area contributed by atoms with E-state index < -0.39 is 21.9 Å². The summed E-state index contributed by atoms with van der Waals surface area (Å²) < 4.78 is 36.2. The molecule has 2 heterocycles. The summed E-state index contributed by atoms with van der Waals surface area (Å²) in [6, 6.07) is 9.62. The molecular formula is C28H34N4O5S. The van der Waals surface area contributed by atoms with Crippen LogP contribution in [0.3, 0.4) is 0 Å². The third-order valence-electron chi connectivity index (χ3n) is 7.08. The van der Waals surface area contributed by atoms with Gasteiger partial charge in [0.05, 0.1) is 18.5 Å². The average molecular weight is 539 g/mol. The standard InChI is InChI=1S/C28H34N4O5S/c1-7-8-26-20(5)37-18(3)15-32(38(26,35)36)16-22-13-21(10-9-17(22)2)24(14-27(33)34)23-11-12-25-28(19(23)4)29-30-31(25)6/h7-13,18,24H,14-16H2,1-6H3,(H,33,34). The molecule has 1 aliphatic heterocycles. The Labute approximate surface area is 223 Å². The van der Waals surface area contributed by atoms with Gasteiger partial charge in [-0.25, -0.2) is 13.1 Å². The molecule has 0 aliphatic carbocycles. The molecule has 0 spiro atoms. The zero-order valence-electron chi connectivity index (χ0n) is 22.6. The SMILES string of the molecule is CC=CC1=C(C)OC(C)CN(Cc2cc(C(CC(=O)O)c3ccc4c(nnn4C)c3C)ccc2C)S1(=O)=O. The van der Waals surface area contributed by atoms with E-state index in [1.807, 2.05) is 58.2 Å². The van der Waals surface area contributed by atoms with Crippen LogP contribution in [-0.4, -0.2) is 51.4 Å². The van der Waals surface area contributed by atoms with Crippen molar-refractivity contribution in [2.24, 2.45) is 7.05 Å². The lowest BCUT2D eigenvalue weighted by atomic mass is 9.84. The molecule has 0 saturated carbocycles. The van der Waals surface area contributed by atoms with Crippen LogP contribution >= 0.6 is 0 Å². The Morgan fingerprint density at radius 2 is 1.97 bits per heavy atom. The average Bonchev–Trinajstić information content (AvgIpc) is 3.20. The summed E-state index contributed by atoms with van der Waals surface area (Å²) in [7, 11) is -1.99. The summed E-state index contributed by atoms with van der Waals surface area (Å²) in [5, 5.41) is 18.2. The number of fused-ring (bicyclic) bond motifs is 1. The lowest BCUT2D eigenvalue weighted by Gasteiger charge is -2.24. The molecule has 1 aromatic heterocycles. The molecule has 2 unspecified atom stereocenters. The lowest BCUT2D eigenvalue weighted by molar-refractivity contribution is -0.137. The summed E-state index contributed by atoms with van der Waals surface area (Å²) in [5.41, 5.74) is 5.87. The van der Waals surface area contributed by atoms with Crippen LogP contribution in [0, 0.1) is 13.8 Å². The van der Waals surface area contributed by atoms with Crippen molar-refractivity contribution in [3.05, 3.63) is 81.0 Å². The number of aliphatic carboxylic acids is 1. The number of carboxylic acids is 1. The molecule has 38 heavy (non-hydrogen) atoms. The van der Waals surface area contributed by atoms with Gasteiger partial charge in [-0.05, 0) is 74.6 Å². The summed E-state index contributed by atoms with van der Waals surface area (Å²) >= 11 is 0. The first-order valence-corrected chi connectivity index (χ1v) is 14.0.